The number of carbonyl (C=O) groups is 1. The van der Waals surface area contributed by atoms with Crippen LogP contribution in [0.15, 0.2) is 0 Å². The van der Waals surface area contributed by atoms with Crippen molar-refractivity contribution in [2.24, 2.45) is 29.6 Å². The summed E-state index contributed by atoms with van der Waals surface area (Å²) in [6.45, 7) is 1.90. The predicted octanol–water partition coefficient (Wildman–Crippen LogP) is 2.02. The quantitative estimate of drug-likeness (QED) is 0.876. The Morgan fingerprint density at radius 3 is 2.85 bits per heavy atom. The first-order valence-electron chi connectivity index (χ1n) is 7.81. The molecular formula is C15H19N3OS. The van der Waals surface area contributed by atoms with E-state index in [1.807, 2.05) is 0 Å². The van der Waals surface area contributed by atoms with Crippen LogP contribution in [0.1, 0.15) is 29.8 Å². The van der Waals surface area contributed by atoms with Crippen LogP contribution in [-0.2, 0) is 17.8 Å². The fourth-order valence-corrected chi connectivity index (χ4v) is 6.02. The van der Waals surface area contributed by atoms with E-state index in [0.29, 0.717) is 17.8 Å². The van der Waals surface area contributed by atoms with E-state index in [2.05, 4.69) is 15.6 Å². The molecule has 0 spiro atoms. The minimum Gasteiger partial charge on any atom is -0.311 e. The Kier molecular flexibility index (Phi) is 2.36. The summed E-state index contributed by atoms with van der Waals surface area (Å²) in [6, 6.07) is 0. The zero-order valence-electron chi connectivity index (χ0n) is 11.4. The van der Waals surface area contributed by atoms with Crippen LogP contribution in [0.4, 0.5) is 5.13 Å². The van der Waals surface area contributed by atoms with Gasteiger partial charge in [0.05, 0.1) is 5.69 Å². The number of thiazole rings is 1. The number of amides is 1. The van der Waals surface area contributed by atoms with Gasteiger partial charge in [0.2, 0.25) is 5.91 Å². The Bertz CT molecular complexity index is 544. The molecule has 4 unspecified atom stereocenters. The molecule has 3 saturated carbocycles. The van der Waals surface area contributed by atoms with Gasteiger partial charge in [0.25, 0.3) is 0 Å². The first-order chi connectivity index (χ1) is 9.81. The van der Waals surface area contributed by atoms with Crippen molar-refractivity contribution >= 4 is 22.4 Å². The molecule has 20 heavy (non-hydrogen) atoms. The van der Waals surface area contributed by atoms with Gasteiger partial charge in [0.1, 0.15) is 0 Å². The van der Waals surface area contributed by atoms with Gasteiger partial charge in [-0.3, -0.25) is 4.79 Å². The molecule has 0 aromatic carbocycles. The minimum atomic E-state index is 0.246. The number of hydrogen-bond donors (Lipinski definition) is 2. The lowest BCUT2D eigenvalue weighted by atomic mass is 10.0. The largest absolute Gasteiger partial charge is 0.311 e. The van der Waals surface area contributed by atoms with Crippen LogP contribution in [0.5, 0.6) is 0 Å². The van der Waals surface area contributed by atoms with Gasteiger partial charge in [-0.05, 0) is 42.9 Å². The van der Waals surface area contributed by atoms with Crippen LogP contribution in [0, 0.1) is 29.6 Å². The van der Waals surface area contributed by atoms with Gasteiger partial charge in [-0.1, -0.05) is 0 Å². The summed E-state index contributed by atoms with van der Waals surface area (Å²) in [7, 11) is 0. The highest BCUT2D eigenvalue weighted by molar-refractivity contribution is 7.15. The third-order valence-corrected chi connectivity index (χ3v) is 6.88. The molecule has 0 radical (unpaired) electrons. The highest BCUT2D eigenvalue weighted by Gasteiger charge is 2.67. The number of carbonyl (C=O) groups excluding carboxylic acids is 1. The molecule has 106 valence electrons. The van der Waals surface area contributed by atoms with Gasteiger partial charge < -0.3 is 10.6 Å². The smallest absolute Gasteiger partial charge is 0.229 e. The molecule has 1 amide bonds. The molecular weight excluding hydrogens is 270 g/mol. The first kappa shape index (κ1) is 11.7. The van der Waals surface area contributed by atoms with Crippen molar-refractivity contribution in [2.75, 3.05) is 11.9 Å². The van der Waals surface area contributed by atoms with E-state index in [1.54, 1.807) is 11.3 Å². The Morgan fingerprint density at radius 2 is 2.10 bits per heavy atom. The summed E-state index contributed by atoms with van der Waals surface area (Å²) in [5.41, 5.74) is 1.18. The second-order valence-corrected chi connectivity index (χ2v) is 7.90. The lowest BCUT2D eigenvalue weighted by Crippen LogP contribution is -2.22. The number of fused-ring (bicyclic) bond motifs is 6. The molecule has 2 heterocycles. The zero-order valence-corrected chi connectivity index (χ0v) is 12.2. The summed E-state index contributed by atoms with van der Waals surface area (Å²) in [5.74, 6) is 3.69. The van der Waals surface area contributed by atoms with Gasteiger partial charge in [0, 0.05) is 30.3 Å². The molecule has 3 fully saturated rings. The molecule has 2 bridgehead atoms. The maximum atomic E-state index is 12.5. The van der Waals surface area contributed by atoms with Crippen LogP contribution in [0.25, 0.3) is 0 Å². The Balaban J connectivity index is 1.30. The molecule has 0 saturated heterocycles. The number of nitrogens with one attached hydrogen (secondary N) is 2. The zero-order chi connectivity index (χ0) is 13.3. The van der Waals surface area contributed by atoms with Crippen molar-refractivity contribution in [3.63, 3.8) is 0 Å². The molecule has 1 aromatic rings. The van der Waals surface area contributed by atoms with Gasteiger partial charge in [-0.15, -0.1) is 11.3 Å². The number of hydrogen-bond acceptors (Lipinski definition) is 4. The Morgan fingerprint density at radius 1 is 1.30 bits per heavy atom. The normalized spacial score (nSPS) is 40.3. The molecule has 5 heteroatoms. The Hall–Kier alpha value is -0.940. The molecule has 1 aromatic heterocycles. The summed E-state index contributed by atoms with van der Waals surface area (Å²) >= 11 is 1.65. The lowest BCUT2D eigenvalue weighted by molar-refractivity contribution is -0.118. The third-order valence-electron chi connectivity index (χ3n) is 5.87. The summed E-state index contributed by atoms with van der Waals surface area (Å²) < 4.78 is 0. The minimum absolute atomic E-state index is 0.246. The average Bonchev–Trinajstić information content (AvgIpc) is 2.78. The van der Waals surface area contributed by atoms with Crippen molar-refractivity contribution in [1.82, 2.24) is 10.3 Å². The van der Waals surface area contributed by atoms with E-state index in [1.165, 1.54) is 29.8 Å². The van der Waals surface area contributed by atoms with Crippen LogP contribution in [0.3, 0.4) is 0 Å². The van der Waals surface area contributed by atoms with Crippen molar-refractivity contribution in [3.8, 4) is 0 Å². The van der Waals surface area contributed by atoms with Crippen LogP contribution >= 0.6 is 11.3 Å². The highest BCUT2D eigenvalue weighted by atomic mass is 32.1. The maximum Gasteiger partial charge on any atom is 0.229 e. The molecule has 2 N–H and O–H groups in total. The standard InChI is InChI=1S/C15H19N3OS/c19-14(13-11-7-1-2-8(5-7)12(11)13)18-15-17-9-3-4-16-6-10(9)20-15/h7-8,11-13,16H,1-6H2,(H,17,18,19). The molecule has 4 aliphatic rings. The number of nitrogens with zero attached hydrogens (tertiary/aromatic N) is 1. The molecule has 4 atom stereocenters. The van der Waals surface area contributed by atoms with Gasteiger partial charge in [-0.2, -0.15) is 0 Å². The second kappa shape index (κ2) is 4.04. The number of aromatic nitrogens is 1. The van der Waals surface area contributed by atoms with E-state index in [-0.39, 0.29) is 5.91 Å². The molecule has 4 nitrogen and oxygen atoms in total. The number of rotatable bonds is 2. The van der Waals surface area contributed by atoms with Crippen LogP contribution < -0.4 is 10.6 Å². The monoisotopic (exact) mass is 289 g/mol. The van der Waals surface area contributed by atoms with E-state index >= 15 is 0 Å². The van der Waals surface area contributed by atoms with E-state index in [0.717, 1.165) is 36.5 Å². The molecule has 3 aliphatic carbocycles. The van der Waals surface area contributed by atoms with Crippen molar-refractivity contribution < 1.29 is 4.79 Å². The second-order valence-electron chi connectivity index (χ2n) is 6.82. The van der Waals surface area contributed by atoms with Crippen molar-refractivity contribution in [2.45, 2.75) is 32.2 Å². The highest BCUT2D eigenvalue weighted by Crippen LogP contribution is 2.69. The maximum absolute atomic E-state index is 12.5. The Labute approximate surface area is 122 Å². The van der Waals surface area contributed by atoms with Gasteiger partial charge in [0.15, 0.2) is 5.13 Å². The molecule has 1 aliphatic heterocycles. The predicted molar refractivity (Wildman–Crippen MR) is 77.5 cm³/mol. The third kappa shape index (κ3) is 1.56. The van der Waals surface area contributed by atoms with Crippen LogP contribution in [-0.4, -0.2) is 17.4 Å². The van der Waals surface area contributed by atoms with E-state index in [9.17, 15) is 4.79 Å². The molecule has 5 rings (SSSR count). The first-order valence-corrected chi connectivity index (χ1v) is 8.63. The van der Waals surface area contributed by atoms with Crippen molar-refractivity contribution in [1.29, 1.82) is 0 Å². The van der Waals surface area contributed by atoms with Gasteiger partial charge >= 0.3 is 0 Å². The van der Waals surface area contributed by atoms with E-state index < -0.39 is 0 Å². The summed E-state index contributed by atoms with van der Waals surface area (Å²) in [6.07, 6.45) is 5.12. The van der Waals surface area contributed by atoms with Crippen LogP contribution in [0.2, 0.25) is 0 Å². The summed E-state index contributed by atoms with van der Waals surface area (Å²) in [4.78, 5) is 18.3. The fourth-order valence-electron chi connectivity index (χ4n) is 5.04. The summed E-state index contributed by atoms with van der Waals surface area (Å²) in [5, 5.41) is 7.27. The van der Waals surface area contributed by atoms with E-state index in [4.69, 9.17) is 0 Å². The van der Waals surface area contributed by atoms with Crippen molar-refractivity contribution in [3.05, 3.63) is 10.6 Å². The average molecular weight is 289 g/mol. The lowest BCUT2D eigenvalue weighted by Gasteiger charge is -2.09. The fraction of sp³-hybridized carbons (Fsp3) is 0.733. The van der Waals surface area contributed by atoms with Gasteiger partial charge in [-0.25, -0.2) is 4.98 Å². The number of anilines is 1. The SMILES string of the molecule is O=C(Nc1nc2c(s1)CNCC2)C1C2C3CCC(C3)C12. The topological polar surface area (TPSA) is 54.0 Å².